The summed E-state index contributed by atoms with van der Waals surface area (Å²) in [6.45, 7) is 0. The molecule has 1 aliphatic heterocycles. The molecule has 0 aliphatic carbocycles. The lowest BCUT2D eigenvalue weighted by Crippen LogP contribution is -2.31. The van der Waals surface area contributed by atoms with E-state index in [0.717, 1.165) is 5.56 Å². The highest BCUT2D eigenvalue weighted by Crippen LogP contribution is 2.19. The number of carbonyl (C=O) groups excluding carboxylic acids is 2. The van der Waals surface area contributed by atoms with Crippen LogP contribution in [0.5, 0.6) is 0 Å². The van der Waals surface area contributed by atoms with Crippen molar-refractivity contribution in [2.75, 3.05) is 5.01 Å². The fourth-order valence-corrected chi connectivity index (χ4v) is 2.26. The molecule has 0 fully saturated rings. The SMILES string of the molecule is O=C(Cc1ccccc1)NC1=NN(c2ccccc2)C(=O)C1. The van der Waals surface area contributed by atoms with Gasteiger partial charge in [-0.15, -0.1) is 0 Å². The number of nitrogens with one attached hydrogen (secondary N) is 1. The van der Waals surface area contributed by atoms with Crippen molar-refractivity contribution in [3.8, 4) is 0 Å². The number of hydrogen-bond donors (Lipinski definition) is 1. The Kier molecular flexibility index (Phi) is 3.96. The van der Waals surface area contributed by atoms with E-state index in [2.05, 4.69) is 10.4 Å². The quantitative estimate of drug-likeness (QED) is 0.942. The summed E-state index contributed by atoms with van der Waals surface area (Å²) in [5.41, 5.74) is 1.62. The van der Waals surface area contributed by atoms with Crippen LogP contribution in [0.2, 0.25) is 0 Å². The van der Waals surface area contributed by atoms with Crippen LogP contribution in [0.1, 0.15) is 12.0 Å². The van der Waals surface area contributed by atoms with Gasteiger partial charge in [-0.1, -0.05) is 48.5 Å². The molecule has 22 heavy (non-hydrogen) atoms. The van der Waals surface area contributed by atoms with Crippen LogP contribution in [0.3, 0.4) is 0 Å². The maximum absolute atomic E-state index is 12.0. The largest absolute Gasteiger partial charge is 0.312 e. The predicted molar refractivity (Wildman–Crippen MR) is 84.3 cm³/mol. The molecule has 0 aromatic heterocycles. The molecule has 0 atom stereocenters. The number of hydrazone groups is 1. The molecule has 0 saturated carbocycles. The highest BCUT2D eigenvalue weighted by Gasteiger charge is 2.26. The molecule has 0 unspecified atom stereocenters. The average Bonchev–Trinajstić information content (AvgIpc) is 2.89. The molecule has 5 heteroatoms. The first-order chi connectivity index (χ1) is 10.7. The molecule has 5 nitrogen and oxygen atoms in total. The van der Waals surface area contributed by atoms with Crippen LogP contribution in [0.15, 0.2) is 65.8 Å². The molecule has 1 N–H and O–H groups in total. The van der Waals surface area contributed by atoms with Crippen molar-refractivity contribution in [2.24, 2.45) is 5.10 Å². The van der Waals surface area contributed by atoms with E-state index in [9.17, 15) is 9.59 Å². The summed E-state index contributed by atoms with van der Waals surface area (Å²) >= 11 is 0. The van der Waals surface area contributed by atoms with E-state index in [1.54, 1.807) is 12.1 Å². The second kappa shape index (κ2) is 6.22. The molecule has 0 saturated heterocycles. The minimum atomic E-state index is -0.173. The fourth-order valence-electron chi connectivity index (χ4n) is 2.26. The standard InChI is InChI=1S/C17H15N3O2/c21-16(11-13-7-3-1-4-8-13)18-15-12-17(22)20(19-15)14-9-5-2-6-10-14/h1-10H,11-12H2,(H,18,19,21). The first-order valence-electron chi connectivity index (χ1n) is 7.01. The van der Waals surface area contributed by atoms with E-state index in [1.165, 1.54) is 5.01 Å². The van der Waals surface area contributed by atoms with Crippen molar-refractivity contribution in [3.05, 3.63) is 66.2 Å². The van der Waals surface area contributed by atoms with Gasteiger partial charge in [-0.2, -0.15) is 10.1 Å². The first-order valence-corrected chi connectivity index (χ1v) is 7.01. The van der Waals surface area contributed by atoms with Gasteiger partial charge in [-0.25, -0.2) is 0 Å². The van der Waals surface area contributed by atoms with Gasteiger partial charge >= 0.3 is 0 Å². The molecule has 110 valence electrons. The zero-order chi connectivity index (χ0) is 15.4. The maximum atomic E-state index is 12.0. The summed E-state index contributed by atoms with van der Waals surface area (Å²) in [6, 6.07) is 18.6. The molecule has 0 bridgehead atoms. The third kappa shape index (κ3) is 3.20. The van der Waals surface area contributed by atoms with Crippen LogP contribution in [0.4, 0.5) is 5.69 Å². The molecule has 2 aromatic rings. The topological polar surface area (TPSA) is 61.8 Å². The van der Waals surface area contributed by atoms with E-state index >= 15 is 0 Å². The fraction of sp³-hybridized carbons (Fsp3) is 0.118. The van der Waals surface area contributed by atoms with E-state index in [4.69, 9.17) is 0 Å². The summed E-state index contributed by atoms with van der Waals surface area (Å²) in [5, 5.41) is 8.21. The van der Waals surface area contributed by atoms with Gasteiger partial charge in [0.05, 0.1) is 18.5 Å². The normalized spacial score (nSPS) is 13.9. The molecule has 1 heterocycles. The Balaban J connectivity index is 1.66. The van der Waals surface area contributed by atoms with Gasteiger partial charge in [-0.3, -0.25) is 9.59 Å². The van der Waals surface area contributed by atoms with E-state index in [0.29, 0.717) is 11.5 Å². The number of carbonyl (C=O) groups is 2. The molecule has 3 rings (SSSR count). The van der Waals surface area contributed by atoms with Gasteiger partial charge in [0.2, 0.25) is 5.91 Å². The van der Waals surface area contributed by atoms with Crippen LogP contribution in [-0.4, -0.2) is 17.6 Å². The zero-order valence-electron chi connectivity index (χ0n) is 11.9. The summed E-state index contributed by atoms with van der Waals surface area (Å²) in [6.07, 6.45) is 0.370. The molecule has 2 amide bonds. The predicted octanol–water partition coefficient (Wildman–Crippen LogP) is 2.10. The maximum Gasteiger partial charge on any atom is 0.255 e. The number of amides is 2. The van der Waals surface area contributed by atoms with Crippen LogP contribution >= 0.6 is 0 Å². The third-order valence-electron chi connectivity index (χ3n) is 3.27. The Labute approximate surface area is 128 Å². The number of benzene rings is 2. The van der Waals surface area contributed by atoms with E-state index in [1.807, 2.05) is 48.5 Å². The lowest BCUT2D eigenvalue weighted by Gasteiger charge is -2.10. The number of hydrogen-bond acceptors (Lipinski definition) is 3. The van der Waals surface area contributed by atoms with Crippen LogP contribution in [-0.2, 0) is 16.0 Å². The summed E-state index contributed by atoms with van der Waals surface area (Å²) in [5.74, 6) is 0.0589. The molecule has 2 aromatic carbocycles. The summed E-state index contributed by atoms with van der Waals surface area (Å²) in [7, 11) is 0. The molecule has 1 aliphatic rings. The second-order valence-corrected chi connectivity index (χ2v) is 4.98. The minimum absolute atomic E-state index is 0.107. The van der Waals surface area contributed by atoms with E-state index < -0.39 is 0 Å². The van der Waals surface area contributed by atoms with Gasteiger partial charge in [0.1, 0.15) is 5.84 Å². The van der Waals surface area contributed by atoms with Crippen molar-refractivity contribution >= 4 is 23.3 Å². The Morgan fingerprint density at radius 1 is 1.05 bits per heavy atom. The highest BCUT2D eigenvalue weighted by molar-refractivity contribution is 6.15. The van der Waals surface area contributed by atoms with Gasteiger partial charge in [0.25, 0.3) is 5.91 Å². The average molecular weight is 293 g/mol. The van der Waals surface area contributed by atoms with Crippen molar-refractivity contribution in [1.29, 1.82) is 0 Å². The van der Waals surface area contributed by atoms with Crippen molar-refractivity contribution in [3.63, 3.8) is 0 Å². The highest BCUT2D eigenvalue weighted by atomic mass is 16.2. The smallest absolute Gasteiger partial charge is 0.255 e. The lowest BCUT2D eigenvalue weighted by atomic mass is 10.1. The minimum Gasteiger partial charge on any atom is -0.312 e. The van der Waals surface area contributed by atoms with Crippen molar-refractivity contribution < 1.29 is 9.59 Å². The van der Waals surface area contributed by atoms with Gasteiger partial charge < -0.3 is 5.32 Å². The number of nitrogens with zero attached hydrogens (tertiary/aromatic N) is 2. The molecular formula is C17H15N3O2. The number of amidine groups is 1. The number of rotatable bonds is 3. The third-order valence-corrected chi connectivity index (χ3v) is 3.27. The number of para-hydroxylation sites is 1. The monoisotopic (exact) mass is 293 g/mol. The lowest BCUT2D eigenvalue weighted by molar-refractivity contribution is -0.119. The second-order valence-electron chi connectivity index (χ2n) is 4.98. The van der Waals surface area contributed by atoms with E-state index in [-0.39, 0.29) is 24.7 Å². The Morgan fingerprint density at radius 2 is 1.68 bits per heavy atom. The van der Waals surface area contributed by atoms with Crippen LogP contribution < -0.4 is 10.3 Å². The van der Waals surface area contributed by atoms with Gasteiger partial charge in [0.15, 0.2) is 0 Å². The number of anilines is 1. The summed E-state index contributed by atoms with van der Waals surface area (Å²) in [4.78, 5) is 24.0. The molecule has 0 spiro atoms. The van der Waals surface area contributed by atoms with Crippen molar-refractivity contribution in [1.82, 2.24) is 5.32 Å². The van der Waals surface area contributed by atoms with Gasteiger partial charge in [-0.05, 0) is 17.7 Å². The van der Waals surface area contributed by atoms with Crippen LogP contribution in [0.25, 0.3) is 0 Å². The molecular weight excluding hydrogens is 278 g/mol. The Hall–Kier alpha value is -2.95. The Morgan fingerprint density at radius 3 is 2.36 bits per heavy atom. The Bertz CT molecular complexity index is 711. The van der Waals surface area contributed by atoms with Gasteiger partial charge in [0, 0.05) is 0 Å². The zero-order valence-corrected chi connectivity index (χ0v) is 11.9. The molecule has 0 radical (unpaired) electrons. The van der Waals surface area contributed by atoms with Crippen molar-refractivity contribution in [2.45, 2.75) is 12.8 Å². The van der Waals surface area contributed by atoms with Crippen LogP contribution in [0, 0.1) is 0 Å². The first kappa shape index (κ1) is 14.0. The summed E-state index contributed by atoms with van der Waals surface area (Å²) < 4.78 is 0.